The fourth-order valence-electron chi connectivity index (χ4n) is 5.26. The lowest BCUT2D eigenvalue weighted by molar-refractivity contribution is -0.142. The number of benzene rings is 1. The number of para-hydroxylation sites is 1. The highest BCUT2D eigenvalue weighted by atomic mass is 19.1. The van der Waals surface area contributed by atoms with Gasteiger partial charge in [-0.15, -0.1) is 0 Å². The lowest BCUT2D eigenvalue weighted by Gasteiger charge is -2.39. The quantitative estimate of drug-likeness (QED) is 0.698. The molecule has 1 aromatic rings. The van der Waals surface area contributed by atoms with Crippen LogP contribution in [0.4, 0.5) is 10.1 Å². The Morgan fingerprint density at radius 1 is 0.879 bits per heavy atom. The molecule has 3 aliphatic rings. The van der Waals surface area contributed by atoms with E-state index >= 15 is 0 Å². The van der Waals surface area contributed by atoms with Crippen LogP contribution in [0.5, 0.6) is 0 Å². The van der Waals surface area contributed by atoms with Gasteiger partial charge >= 0.3 is 0 Å². The van der Waals surface area contributed by atoms with Gasteiger partial charge in [0.1, 0.15) is 5.82 Å². The number of hydrogen-bond donors (Lipinski definition) is 0. The van der Waals surface area contributed by atoms with E-state index in [1.54, 1.807) is 17.0 Å². The first-order chi connectivity index (χ1) is 15.6. The van der Waals surface area contributed by atoms with E-state index in [1.165, 1.54) is 6.07 Å². The molecular formula is C25H35FN4O3. The van der Waals surface area contributed by atoms with E-state index in [0.29, 0.717) is 64.3 Å². The molecule has 0 saturated carbocycles. The molecule has 0 aliphatic carbocycles. The molecule has 8 heteroatoms. The molecule has 0 N–H and O–H groups in total. The van der Waals surface area contributed by atoms with Crippen LogP contribution in [0.25, 0.3) is 0 Å². The first-order valence-corrected chi connectivity index (χ1v) is 12.0. The van der Waals surface area contributed by atoms with Crippen LogP contribution >= 0.6 is 0 Å². The van der Waals surface area contributed by atoms with Gasteiger partial charge in [-0.2, -0.15) is 0 Å². The summed E-state index contributed by atoms with van der Waals surface area (Å²) < 4.78 is 14.1. The van der Waals surface area contributed by atoms with Crippen molar-refractivity contribution >= 4 is 23.4 Å². The molecule has 33 heavy (non-hydrogen) atoms. The van der Waals surface area contributed by atoms with Gasteiger partial charge in [0.15, 0.2) is 0 Å². The van der Waals surface area contributed by atoms with E-state index in [1.807, 2.05) is 41.5 Å². The summed E-state index contributed by atoms with van der Waals surface area (Å²) in [6.07, 6.45) is 1.59. The number of hydrogen-bond acceptors (Lipinski definition) is 4. The molecule has 0 radical (unpaired) electrons. The standard InChI is InChI=1S/C25H35FN4O3/c1-25(2,3)30-17-19(16-22(30)31)24(33)28-10-8-18(9-11-28)23(32)29-14-12-27(13-15-29)21-7-5-4-6-20(21)26/h4-7,18-19H,8-17H2,1-3H3. The van der Waals surface area contributed by atoms with Crippen LogP contribution in [0.1, 0.15) is 40.0 Å². The second-order valence-corrected chi connectivity index (χ2v) is 10.4. The van der Waals surface area contributed by atoms with Crippen LogP contribution in [0.15, 0.2) is 24.3 Å². The molecule has 0 spiro atoms. The molecule has 7 nitrogen and oxygen atoms in total. The first-order valence-electron chi connectivity index (χ1n) is 12.0. The number of rotatable bonds is 3. The van der Waals surface area contributed by atoms with Crippen molar-refractivity contribution in [3.63, 3.8) is 0 Å². The van der Waals surface area contributed by atoms with Crippen molar-refractivity contribution in [2.24, 2.45) is 11.8 Å². The first kappa shape index (κ1) is 23.5. The average Bonchev–Trinajstić information content (AvgIpc) is 3.21. The molecule has 3 aliphatic heterocycles. The maximum absolute atomic E-state index is 14.1. The van der Waals surface area contributed by atoms with E-state index in [-0.39, 0.29) is 47.3 Å². The van der Waals surface area contributed by atoms with Gasteiger partial charge < -0.3 is 19.6 Å². The maximum Gasteiger partial charge on any atom is 0.227 e. The summed E-state index contributed by atoms with van der Waals surface area (Å²) in [6, 6.07) is 6.75. The fourth-order valence-corrected chi connectivity index (χ4v) is 5.26. The number of amides is 3. The van der Waals surface area contributed by atoms with Crippen molar-refractivity contribution < 1.29 is 18.8 Å². The maximum atomic E-state index is 14.1. The van der Waals surface area contributed by atoms with Crippen LogP contribution in [0.3, 0.4) is 0 Å². The van der Waals surface area contributed by atoms with Crippen molar-refractivity contribution in [3.05, 3.63) is 30.1 Å². The molecule has 0 aromatic heterocycles. The van der Waals surface area contributed by atoms with Crippen molar-refractivity contribution in [2.45, 2.75) is 45.6 Å². The molecule has 3 amide bonds. The van der Waals surface area contributed by atoms with Gasteiger partial charge in [-0.3, -0.25) is 14.4 Å². The number of piperidine rings is 1. The van der Waals surface area contributed by atoms with Crippen molar-refractivity contribution in [1.82, 2.24) is 14.7 Å². The van der Waals surface area contributed by atoms with Crippen molar-refractivity contribution in [2.75, 3.05) is 50.7 Å². The molecule has 3 heterocycles. The minimum Gasteiger partial charge on any atom is -0.366 e. The Morgan fingerprint density at radius 2 is 1.45 bits per heavy atom. The van der Waals surface area contributed by atoms with Crippen LogP contribution in [-0.2, 0) is 14.4 Å². The number of carbonyl (C=O) groups is 3. The normalized spacial score (nSPS) is 22.8. The highest BCUT2D eigenvalue weighted by Crippen LogP contribution is 2.29. The van der Waals surface area contributed by atoms with Gasteiger partial charge in [-0.25, -0.2) is 4.39 Å². The second-order valence-electron chi connectivity index (χ2n) is 10.4. The molecule has 180 valence electrons. The molecule has 3 fully saturated rings. The Balaban J connectivity index is 1.25. The topological polar surface area (TPSA) is 64.2 Å². The summed E-state index contributed by atoms with van der Waals surface area (Å²) in [7, 11) is 0. The number of likely N-dealkylation sites (tertiary alicyclic amines) is 2. The minimum absolute atomic E-state index is 0.0412. The van der Waals surface area contributed by atoms with E-state index in [0.717, 1.165) is 0 Å². The van der Waals surface area contributed by atoms with Gasteiger partial charge in [0.25, 0.3) is 0 Å². The van der Waals surface area contributed by atoms with Crippen LogP contribution in [-0.4, -0.2) is 83.8 Å². The van der Waals surface area contributed by atoms with Crippen molar-refractivity contribution in [3.8, 4) is 0 Å². The number of anilines is 1. The SMILES string of the molecule is CC(C)(C)N1CC(C(=O)N2CCC(C(=O)N3CCN(c4ccccc4F)CC3)CC2)CC1=O. The monoisotopic (exact) mass is 458 g/mol. The minimum atomic E-state index is -0.282. The van der Waals surface area contributed by atoms with E-state index < -0.39 is 0 Å². The predicted octanol–water partition coefficient (Wildman–Crippen LogP) is 2.36. The Labute approximate surface area is 195 Å². The van der Waals surface area contributed by atoms with Gasteiger partial charge in [0.05, 0.1) is 11.6 Å². The lowest BCUT2D eigenvalue weighted by atomic mass is 9.93. The summed E-state index contributed by atoms with van der Waals surface area (Å²) in [6.45, 7) is 9.97. The van der Waals surface area contributed by atoms with Gasteiger partial charge in [-0.1, -0.05) is 12.1 Å². The average molecular weight is 459 g/mol. The summed E-state index contributed by atoms with van der Waals surface area (Å²) in [4.78, 5) is 45.9. The number of halogens is 1. The zero-order valence-corrected chi connectivity index (χ0v) is 19.9. The molecule has 1 unspecified atom stereocenters. The van der Waals surface area contributed by atoms with Crippen molar-refractivity contribution in [1.29, 1.82) is 0 Å². The molecule has 1 atom stereocenters. The highest BCUT2D eigenvalue weighted by molar-refractivity contribution is 5.90. The van der Waals surface area contributed by atoms with Crippen LogP contribution < -0.4 is 4.90 Å². The number of carbonyl (C=O) groups excluding carboxylic acids is 3. The summed E-state index contributed by atoms with van der Waals surface area (Å²) in [5.41, 5.74) is 0.314. The van der Waals surface area contributed by atoms with Gasteiger partial charge in [0, 0.05) is 63.7 Å². The van der Waals surface area contributed by atoms with Gasteiger partial charge in [-0.05, 0) is 45.7 Å². The van der Waals surface area contributed by atoms with Crippen LogP contribution in [0, 0.1) is 17.7 Å². The summed E-state index contributed by atoms with van der Waals surface area (Å²) in [5, 5.41) is 0. The summed E-state index contributed by atoms with van der Waals surface area (Å²) in [5.74, 6) is -0.366. The fraction of sp³-hybridized carbons (Fsp3) is 0.640. The summed E-state index contributed by atoms with van der Waals surface area (Å²) >= 11 is 0. The number of piperazine rings is 1. The van der Waals surface area contributed by atoms with Gasteiger partial charge in [0.2, 0.25) is 17.7 Å². The second kappa shape index (κ2) is 9.31. The molecule has 3 saturated heterocycles. The largest absolute Gasteiger partial charge is 0.366 e. The Hall–Kier alpha value is -2.64. The predicted molar refractivity (Wildman–Crippen MR) is 124 cm³/mol. The third-order valence-electron chi connectivity index (χ3n) is 7.22. The third-order valence-corrected chi connectivity index (χ3v) is 7.22. The zero-order valence-electron chi connectivity index (χ0n) is 19.9. The third kappa shape index (κ3) is 4.99. The zero-order chi connectivity index (χ0) is 23.8. The molecule has 1 aromatic carbocycles. The van der Waals surface area contributed by atoms with E-state index in [2.05, 4.69) is 0 Å². The Kier molecular flexibility index (Phi) is 6.64. The number of nitrogens with zero attached hydrogens (tertiary/aromatic N) is 4. The molecular weight excluding hydrogens is 423 g/mol. The lowest BCUT2D eigenvalue weighted by Crippen LogP contribution is -2.52. The highest BCUT2D eigenvalue weighted by Gasteiger charge is 2.42. The van der Waals surface area contributed by atoms with E-state index in [9.17, 15) is 18.8 Å². The molecule has 0 bridgehead atoms. The smallest absolute Gasteiger partial charge is 0.227 e. The van der Waals surface area contributed by atoms with Crippen LogP contribution in [0.2, 0.25) is 0 Å². The Bertz CT molecular complexity index is 899. The van der Waals surface area contributed by atoms with E-state index in [4.69, 9.17) is 0 Å². The molecule has 4 rings (SSSR count). The Morgan fingerprint density at radius 3 is 2.03 bits per heavy atom.